The molecule has 1 aromatic heterocycles. The third-order valence-corrected chi connectivity index (χ3v) is 2.41. The van der Waals surface area contributed by atoms with Crippen molar-refractivity contribution in [3.63, 3.8) is 0 Å². The number of nitrogens with zero attached hydrogens (tertiary/aromatic N) is 2. The Labute approximate surface area is 87.9 Å². The highest BCUT2D eigenvalue weighted by Crippen LogP contribution is 2.17. The van der Waals surface area contributed by atoms with Gasteiger partial charge >= 0.3 is 0 Å². The van der Waals surface area contributed by atoms with Crippen LogP contribution in [-0.4, -0.2) is 23.2 Å². The number of ketones is 1. The van der Waals surface area contributed by atoms with E-state index in [0.29, 0.717) is 5.82 Å². The lowest BCUT2D eigenvalue weighted by molar-refractivity contribution is -0.121. The Balaban J connectivity index is 2.29. The van der Waals surface area contributed by atoms with Gasteiger partial charge in [-0.15, -0.1) is 0 Å². The molecule has 0 saturated carbocycles. The normalized spacial score (nSPS) is 16.2. The number of hydrogen-bond acceptors (Lipinski definition) is 3. The van der Waals surface area contributed by atoms with Gasteiger partial charge in [0.15, 0.2) is 5.78 Å². The van der Waals surface area contributed by atoms with E-state index in [1.165, 1.54) is 4.90 Å². The van der Waals surface area contributed by atoms with Crippen molar-refractivity contribution in [2.24, 2.45) is 0 Å². The molecule has 4 nitrogen and oxygen atoms in total. The molecule has 2 rings (SSSR count). The summed E-state index contributed by atoms with van der Waals surface area (Å²) in [6.07, 6.45) is 0.835. The predicted molar refractivity (Wildman–Crippen MR) is 55.6 cm³/mol. The predicted octanol–water partition coefficient (Wildman–Crippen LogP) is 0.950. The van der Waals surface area contributed by atoms with Gasteiger partial charge in [0, 0.05) is 5.69 Å². The van der Waals surface area contributed by atoms with E-state index in [-0.39, 0.29) is 24.7 Å². The van der Waals surface area contributed by atoms with Crippen LogP contribution in [0, 0.1) is 0 Å². The molecule has 0 spiro atoms. The molecule has 0 unspecified atom stereocenters. The molecule has 1 saturated heterocycles. The first-order valence-corrected chi connectivity index (χ1v) is 4.98. The van der Waals surface area contributed by atoms with Gasteiger partial charge in [-0.05, 0) is 18.6 Å². The topological polar surface area (TPSA) is 50.3 Å². The molecule has 1 aliphatic rings. The van der Waals surface area contributed by atoms with Crippen LogP contribution in [0.25, 0.3) is 0 Å². The number of rotatable bonds is 2. The number of Topliss-reactive ketones (excluding diaryl/α,β-unsaturated/α-hetero) is 1. The van der Waals surface area contributed by atoms with E-state index in [1.807, 2.05) is 19.1 Å². The fourth-order valence-corrected chi connectivity index (χ4v) is 1.61. The van der Waals surface area contributed by atoms with Gasteiger partial charge in [-0.1, -0.05) is 13.0 Å². The van der Waals surface area contributed by atoms with E-state index in [0.717, 1.165) is 12.1 Å². The average molecular weight is 204 g/mol. The number of carbonyl (C=O) groups excluding carboxylic acids is 2. The summed E-state index contributed by atoms with van der Waals surface area (Å²) in [5.74, 6) is 0.398. The van der Waals surface area contributed by atoms with E-state index in [9.17, 15) is 9.59 Å². The van der Waals surface area contributed by atoms with Crippen LogP contribution in [0.4, 0.5) is 5.82 Å². The zero-order valence-corrected chi connectivity index (χ0v) is 8.56. The highest BCUT2D eigenvalue weighted by Gasteiger charge is 2.29. The summed E-state index contributed by atoms with van der Waals surface area (Å²) >= 11 is 0. The van der Waals surface area contributed by atoms with E-state index in [1.54, 1.807) is 6.07 Å². The summed E-state index contributed by atoms with van der Waals surface area (Å²) in [4.78, 5) is 28.3. The zero-order valence-electron chi connectivity index (χ0n) is 8.56. The van der Waals surface area contributed by atoms with E-state index >= 15 is 0 Å². The lowest BCUT2D eigenvalue weighted by atomic mass is 10.3. The number of hydrogen-bond donors (Lipinski definition) is 0. The minimum Gasteiger partial charge on any atom is -0.297 e. The molecule has 0 atom stereocenters. The second kappa shape index (κ2) is 3.81. The highest BCUT2D eigenvalue weighted by molar-refractivity contribution is 6.14. The lowest BCUT2D eigenvalue weighted by Gasteiger charge is -2.13. The third-order valence-electron chi connectivity index (χ3n) is 2.41. The fraction of sp³-hybridized carbons (Fsp3) is 0.364. The zero-order chi connectivity index (χ0) is 10.8. The smallest absolute Gasteiger partial charge is 0.236 e. The van der Waals surface area contributed by atoms with Crippen LogP contribution in [-0.2, 0) is 16.0 Å². The number of carbonyl (C=O) groups is 2. The minimum absolute atomic E-state index is 0.0119. The molecule has 4 heteroatoms. The Morgan fingerprint density at radius 2 is 2.20 bits per heavy atom. The molecule has 15 heavy (non-hydrogen) atoms. The Bertz CT molecular complexity index is 415. The summed E-state index contributed by atoms with van der Waals surface area (Å²) in [6.45, 7) is 2.17. The van der Waals surface area contributed by atoms with E-state index in [2.05, 4.69) is 4.98 Å². The number of aromatic nitrogens is 1. The summed E-state index contributed by atoms with van der Waals surface area (Å²) in [5.41, 5.74) is 0.930. The molecule has 1 fully saturated rings. The van der Waals surface area contributed by atoms with Crippen LogP contribution in [0.1, 0.15) is 19.0 Å². The van der Waals surface area contributed by atoms with Crippen LogP contribution in [0.3, 0.4) is 0 Å². The number of pyridine rings is 1. The third kappa shape index (κ3) is 1.88. The molecule has 0 N–H and O–H groups in total. The van der Waals surface area contributed by atoms with Crippen molar-refractivity contribution in [1.29, 1.82) is 0 Å². The number of aryl methyl sites for hydroxylation is 1. The Kier molecular flexibility index (Phi) is 2.49. The molecule has 0 aliphatic carbocycles. The molecular formula is C11H12N2O2. The van der Waals surface area contributed by atoms with Gasteiger partial charge < -0.3 is 0 Å². The maximum Gasteiger partial charge on any atom is 0.236 e. The summed E-state index contributed by atoms with van der Waals surface area (Å²) < 4.78 is 0. The first-order valence-electron chi connectivity index (χ1n) is 4.98. The summed E-state index contributed by atoms with van der Waals surface area (Å²) in [7, 11) is 0. The van der Waals surface area contributed by atoms with Crippen molar-refractivity contribution in [3.05, 3.63) is 23.9 Å². The molecule has 0 bridgehead atoms. The van der Waals surface area contributed by atoms with E-state index in [4.69, 9.17) is 0 Å². The van der Waals surface area contributed by atoms with Gasteiger partial charge in [-0.3, -0.25) is 14.5 Å². The van der Waals surface area contributed by atoms with Crippen molar-refractivity contribution in [3.8, 4) is 0 Å². The molecule has 1 aromatic rings. The quantitative estimate of drug-likeness (QED) is 0.674. The first-order chi connectivity index (χ1) is 7.20. The maximum atomic E-state index is 11.4. The van der Waals surface area contributed by atoms with Crippen molar-refractivity contribution in [2.45, 2.75) is 19.8 Å². The van der Waals surface area contributed by atoms with E-state index < -0.39 is 0 Å². The van der Waals surface area contributed by atoms with Gasteiger partial charge in [0.1, 0.15) is 5.82 Å². The monoisotopic (exact) mass is 204 g/mol. The second-order valence-electron chi connectivity index (χ2n) is 3.54. The lowest BCUT2D eigenvalue weighted by Crippen LogP contribution is -2.25. The van der Waals surface area contributed by atoms with Crippen LogP contribution in [0.2, 0.25) is 0 Å². The van der Waals surface area contributed by atoms with Crippen LogP contribution >= 0.6 is 0 Å². The van der Waals surface area contributed by atoms with Crippen LogP contribution in [0.15, 0.2) is 18.2 Å². The van der Waals surface area contributed by atoms with Gasteiger partial charge in [-0.2, -0.15) is 0 Å². The Hall–Kier alpha value is -1.71. The Morgan fingerprint density at radius 1 is 1.40 bits per heavy atom. The highest BCUT2D eigenvalue weighted by atomic mass is 16.2. The molecule has 78 valence electrons. The van der Waals surface area contributed by atoms with Crippen molar-refractivity contribution < 1.29 is 9.59 Å². The molecular weight excluding hydrogens is 192 g/mol. The fourth-order valence-electron chi connectivity index (χ4n) is 1.61. The van der Waals surface area contributed by atoms with Gasteiger partial charge in [-0.25, -0.2) is 4.98 Å². The molecule has 1 aliphatic heterocycles. The van der Waals surface area contributed by atoms with Crippen LogP contribution in [0.5, 0.6) is 0 Å². The molecule has 1 amide bonds. The summed E-state index contributed by atoms with van der Waals surface area (Å²) in [5, 5.41) is 0. The molecule has 0 radical (unpaired) electrons. The molecule has 2 heterocycles. The van der Waals surface area contributed by atoms with Crippen molar-refractivity contribution >= 4 is 17.5 Å². The van der Waals surface area contributed by atoms with Crippen LogP contribution < -0.4 is 4.90 Å². The molecule has 0 aromatic carbocycles. The Morgan fingerprint density at radius 3 is 2.80 bits per heavy atom. The standard InChI is InChI=1S/C11H12N2O2/c1-2-8-4-3-5-10(12-8)13-7-9(14)6-11(13)15/h3-5H,2,6-7H2,1H3. The maximum absolute atomic E-state index is 11.4. The number of anilines is 1. The first kappa shape index (κ1) is 9.83. The number of amides is 1. The average Bonchev–Trinajstić information content (AvgIpc) is 2.58. The van der Waals surface area contributed by atoms with Gasteiger partial charge in [0.05, 0.1) is 13.0 Å². The SMILES string of the molecule is CCc1cccc(N2CC(=O)CC2=O)n1. The van der Waals surface area contributed by atoms with Gasteiger partial charge in [0.25, 0.3) is 0 Å². The minimum atomic E-state index is -0.152. The van der Waals surface area contributed by atoms with Crippen molar-refractivity contribution in [2.75, 3.05) is 11.4 Å². The van der Waals surface area contributed by atoms with Crippen molar-refractivity contribution in [1.82, 2.24) is 4.98 Å². The van der Waals surface area contributed by atoms with Gasteiger partial charge in [0.2, 0.25) is 5.91 Å². The summed E-state index contributed by atoms with van der Waals surface area (Å²) in [6, 6.07) is 5.53. The second-order valence-corrected chi connectivity index (χ2v) is 3.54. The largest absolute Gasteiger partial charge is 0.297 e.